The Hall–Kier alpha value is -1.56. The number of hydrazine groups is 1. The molecule has 1 heterocycles. The van der Waals surface area contributed by atoms with E-state index in [9.17, 15) is 0 Å². The van der Waals surface area contributed by atoms with Crippen LogP contribution in [0.25, 0.3) is 0 Å². The number of aromatic nitrogens is 2. The number of hydrogen-bond donors (Lipinski definition) is 2. The second kappa shape index (κ2) is 5.39. The highest BCUT2D eigenvalue weighted by Crippen LogP contribution is 2.29. The second-order valence-electron chi connectivity index (χ2n) is 3.91. The second-order valence-corrected chi connectivity index (χ2v) is 4.32. The molecule has 0 saturated heterocycles. The molecule has 0 spiro atoms. The van der Waals surface area contributed by atoms with Crippen LogP contribution in [0.4, 0.5) is 0 Å². The van der Waals surface area contributed by atoms with Gasteiger partial charge in [0.15, 0.2) is 0 Å². The molecule has 2 aromatic rings. The molecule has 1 aromatic carbocycles. The molecule has 1 unspecified atom stereocenters. The minimum absolute atomic E-state index is 0.197. The third kappa shape index (κ3) is 2.48. The van der Waals surface area contributed by atoms with Crippen LogP contribution in [0.2, 0.25) is 5.02 Å². The van der Waals surface area contributed by atoms with Crippen LogP contribution in [0, 0.1) is 0 Å². The number of halogens is 1. The topological polar surface area (TPSA) is 65.1 Å². The van der Waals surface area contributed by atoms with Gasteiger partial charge >= 0.3 is 0 Å². The van der Waals surface area contributed by atoms with E-state index in [4.69, 9.17) is 22.2 Å². The molecule has 0 aliphatic carbocycles. The minimum Gasteiger partial charge on any atom is -0.495 e. The molecule has 0 bridgehead atoms. The van der Waals surface area contributed by atoms with Crippen LogP contribution < -0.4 is 16.0 Å². The Kier molecular flexibility index (Phi) is 3.86. The van der Waals surface area contributed by atoms with Crippen LogP contribution >= 0.6 is 11.6 Å². The Labute approximate surface area is 110 Å². The fourth-order valence-electron chi connectivity index (χ4n) is 1.80. The van der Waals surface area contributed by atoms with E-state index in [-0.39, 0.29) is 6.04 Å². The first-order valence-electron chi connectivity index (χ1n) is 5.45. The molecule has 0 fully saturated rings. The van der Waals surface area contributed by atoms with Gasteiger partial charge in [-0.25, -0.2) is 5.43 Å². The van der Waals surface area contributed by atoms with Gasteiger partial charge in [-0.15, -0.1) is 0 Å². The zero-order chi connectivity index (χ0) is 13.1. The fourth-order valence-corrected chi connectivity index (χ4v) is 1.99. The Morgan fingerprint density at radius 2 is 2.22 bits per heavy atom. The molecule has 1 aromatic heterocycles. The van der Waals surface area contributed by atoms with Crippen molar-refractivity contribution in [1.29, 1.82) is 0 Å². The van der Waals surface area contributed by atoms with Crippen LogP contribution in [0.1, 0.15) is 17.3 Å². The van der Waals surface area contributed by atoms with Gasteiger partial charge in [-0.05, 0) is 23.8 Å². The molecule has 5 nitrogen and oxygen atoms in total. The zero-order valence-electron chi connectivity index (χ0n) is 10.2. The molecular formula is C12H15ClN4O. The van der Waals surface area contributed by atoms with Crippen molar-refractivity contribution in [2.24, 2.45) is 12.9 Å². The lowest BCUT2D eigenvalue weighted by atomic mass is 10.0. The van der Waals surface area contributed by atoms with Crippen LogP contribution in [0.15, 0.2) is 30.5 Å². The average Bonchev–Trinajstić information content (AvgIpc) is 2.79. The van der Waals surface area contributed by atoms with E-state index in [0.717, 1.165) is 11.3 Å². The Morgan fingerprint density at radius 1 is 1.44 bits per heavy atom. The lowest BCUT2D eigenvalue weighted by molar-refractivity contribution is 0.414. The number of aryl methyl sites for hydroxylation is 1. The summed E-state index contributed by atoms with van der Waals surface area (Å²) in [6, 6.07) is 7.23. The third-order valence-electron chi connectivity index (χ3n) is 2.71. The molecule has 1 atom stereocenters. The summed E-state index contributed by atoms with van der Waals surface area (Å²) < 4.78 is 6.92. The van der Waals surface area contributed by atoms with Crippen molar-refractivity contribution >= 4 is 11.6 Å². The monoisotopic (exact) mass is 266 g/mol. The SMILES string of the molecule is COc1cc(C(NN)c2ccn(C)n2)ccc1Cl. The Morgan fingerprint density at radius 3 is 2.78 bits per heavy atom. The first kappa shape index (κ1) is 12.9. The van der Waals surface area contributed by atoms with Crippen LogP contribution in [0.5, 0.6) is 5.75 Å². The number of hydrogen-bond acceptors (Lipinski definition) is 4. The largest absolute Gasteiger partial charge is 0.495 e. The van der Waals surface area contributed by atoms with E-state index in [1.807, 2.05) is 31.4 Å². The van der Waals surface area contributed by atoms with Crippen molar-refractivity contribution in [2.45, 2.75) is 6.04 Å². The summed E-state index contributed by atoms with van der Waals surface area (Å²) in [4.78, 5) is 0. The number of rotatable bonds is 4. The highest BCUT2D eigenvalue weighted by molar-refractivity contribution is 6.32. The number of nitrogens with zero attached hydrogens (tertiary/aromatic N) is 2. The van der Waals surface area contributed by atoms with Gasteiger partial charge in [-0.3, -0.25) is 10.5 Å². The van der Waals surface area contributed by atoms with E-state index in [1.165, 1.54) is 0 Å². The molecule has 0 aliphatic heterocycles. The molecule has 2 rings (SSSR count). The maximum Gasteiger partial charge on any atom is 0.137 e. The fraction of sp³-hybridized carbons (Fsp3) is 0.250. The number of nitrogens with one attached hydrogen (secondary N) is 1. The standard InChI is InChI=1S/C12H15ClN4O/c1-17-6-5-10(16-17)12(15-14)8-3-4-9(13)11(7-8)18-2/h3-7,12,15H,14H2,1-2H3. The van der Waals surface area contributed by atoms with Gasteiger partial charge in [0, 0.05) is 13.2 Å². The highest BCUT2D eigenvalue weighted by Gasteiger charge is 2.16. The Bertz CT molecular complexity index is 541. The van der Waals surface area contributed by atoms with Crippen molar-refractivity contribution in [1.82, 2.24) is 15.2 Å². The van der Waals surface area contributed by atoms with Gasteiger partial charge in [0.05, 0.1) is 23.9 Å². The molecule has 0 amide bonds. The molecule has 3 N–H and O–H groups in total. The molecular weight excluding hydrogens is 252 g/mol. The number of methoxy groups -OCH3 is 1. The molecule has 0 saturated carbocycles. The predicted molar refractivity (Wildman–Crippen MR) is 70.4 cm³/mol. The third-order valence-corrected chi connectivity index (χ3v) is 3.02. The van der Waals surface area contributed by atoms with Crippen LogP contribution in [0.3, 0.4) is 0 Å². The normalized spacial score (nSPS) is 12.4. The summed E-state index contributed by atoms with van der Waals surface area (Å²) in [5.74, 6) is 6.22. The Balaban J connectivity index is 2.38. The molecule has 0 aliphatic rings. The summed E-state index contributed by atoms with van der Waals surface area (Å²) in [7, 11) is 3.44. The van der Waals surface area contributed by atoms with Gasteiger partial charge in [0.2, 0.25) is 0 Å². The zero-order valence-corrected chi connectivity index (χ0v) is 11.0. The first-order valence-corrected chi connectivity index (χ1v) is 5.82. The number of nitrogens with two attached hydrogens (primary N) is 1. The average molecular weight is 267 g/mol. The minimum atomic E-state index is -0.197. The van der Waals surface area contributed by atoms with E-state index in [1.54, 1.807) is 17.9 Å². The van der Waals surface area contributed by atoms with Crippen molar-refractivity contribution < 1.29 is 4.74 Å². The van der Waals surface area contributed by atoms with E-state index in [2.05, 4.69) is 10.5 Å². The van der Waals surface area contributed by atoms with Gasteiger partial charge in [-0.1, -0.05) is 17.7 Å². The van der Waals surface area contributed by atoms with Gasteiger partial charge < -0.3 is 4.74 Å². The van der Waals surface area contributed by atoms with Crippen LogP contribution in [-0.2, 0) is 7.05 Å². The number of benzene rings is 1. The maximum atomic E-state index is 6.00. The lowest BCUT2D eigenvalue weighted by Crippen LogP contribution is -2.29. The van der Waals surface area contributed by atoms with Crippen LogP contribution in [-0.4, -0.2) is 16.9 Å². The van der Waals surface area contributed by atoms with Gasteiger partial charge in [0.1, 0.15) is 5.75 Å². The molecule has 6 heteroatoms. The van der Waals surface area contributed by atoms with Crippen molar-refractivity contribution in [3.8, 4) is 5.75 Å². The van der Waals surface area contributed by atoms with E-state index < -0.39 is 0 Å². The first-order chi connectivity index (χ1) is 8.65. The lowest BCUT2D eigenvalue weighted by Gasteiger charge is -2.15. The summed E-state index contributed by atoms with van der Waals surface area (Å²) in [6.07, 6.45) is 1.87. The maximum absolute atomic E-state index is 6.00. The summed E-state index contributed by atoms with van der Waals surface area (Å²) in [6.45, 7) is 0. The highest BCUT2D eigenvalue weighted by atomic mass is 35.5. The van der Waals surface area contributed by atoms with Crippen molar-refractivity contribution in [2.75, 3.05) is 7.11 Å². The molecule has 96 valence electrons. The number of ether oxygens (including phenoxy) is 1. The van der Waals surface area contributed by atoms with E-state index in [0.29, 0.717) is 10.8 Å². The predicted octanol–water partition coefficient (Wildman–Crippen LogP) is 1.63. The smallest absolute Gasteiger partial charge is 0.137 e. The summed E-state index contributed by atoms with van der Waals surface area (Å²) in [5, 5.41) is 4.90. The van der Waals surface area contributed by atoms with Crippen molar-refractivity contribution in [3.05, 3.63) is 46.7 Å². The van der Waals surface area contributed by atoms with Crippen molar-refractivity contribution in [3.63, 3.8) is 0 Å². The molecule has 0 radical (unpaired) electrons. The summed E-state index contributed by atoms with van der Waals surface area (Å²) in [5.41, 5.74) is 4.52. The molecule has 18 heavy (non-hydrogen) atoms. The van der Waals surface area contributed by atoms with Gasteiger partial charge in [0.25, 0.3) is 0 Å². The quantitative estimate of drug-likeness (QED) is 0.652. The van der Waals surface area contributed by atoms with Gasteiger partial charge in [-0.2, -0.15) is 5.10 Å². The summed E-state index contributed by atoms with van der Waals surface area (Å²) >= 11 is 6.00. The van der Waals surface area contributed by atoms with E-state index >= 15 is 0 Å².